The number of allylic oxidation sites excluding steroid dienone is 2. The third kappa shape index (κ3) is 18.1. The Kier molecular flexibility index (Phi) is 21.0. The summed E-state index contributed by atoms with van der Waals surface area (Å²) in [6.07, 6.45) is 5.22. The van der Waals surface area contributed by atoms with Crippen LogP contribution >= 0.6 is 35.2 Å². The van der Waals surface area contributed by atoms with Crippen LogP contribution in [-0.2, 0) is 50.7 Å². The number of phosphoric acid groups is 3. The van der Waals surface area contributed by atoms with E-state index in [0.29, 0.717) is 12.2 Å². The highest BCUT2D eigenvalue weighted by Crippen LogP contribution is 2.61. The van der Waals surface area contributed by atoms with Crippen molar-refractivity contribution in [1.29, 1.82) is 0 Å². The smallest absolute Gasteiger partial charge is 0.386 e. The van der Waals surface area contributed by atoms with E-state index in [4.69, 9.17) is 19.5 Å². The van der Waals surface area contributed by atoms with Gasteiger partial charge >= 0.3 is 23.5 Å². The van der Waals surface area contributed by atoms with E-state index in [0.717, 1.165) is 73.9 Å². The van der Waals surface area contributed by atoms with Crippen LogP contribution in [0.4, 0.5) is 5.82 Å². The predicted molar refractivity (Wildman–Crippen MR) is 219 cm³/mol. The Hall–Kier alpha value is -2.70. The number of carbonyl (C=O) groups is 3. The van der Waals surface area contributed by atoms with E-state index in [1.807, 2.05) is 0 Å². The zero-order valence-corrected chi connectivity index (χ0v) is 37.4. The van der Waals surface area contributed by atoms with Gasteiger partial charge in [-0.3, -0.25) is 32.5 Å². The predicted octanol–water partition coefficient (Wildman–Crippen LogP) is 2.36. The molecule has 3 rings (SSSR count). The van der Waals surface area contributed by atoms with Crippen molar-refractivity contribution in [2.24, 2.45) is 5.41 Å². The molecule has 0 radical (unpaired) electrons. The van der Waals surface area contributed by atoms with Crippen LogP contribution in [0.3, 0.4) is 0 Å². The van der Waals surface area contributed by atoms with Crippen LogP contribution in [0.2, 0.25) is 0 Å². The first kappa shape index (κ1) is 52.6. The number of nitrogens with two attached hydrogens (primary N) is 1. The summed E-state index contributed by atoms with van der Waals surface area (Å²) in [7, 11) is -16.4. The number of hydrogen-bond acceptors (Lipinski definition) is 18. The summed E-state index contributed by atoms with van der Waals surface area (Å²) < 4.78 is 62.3. The molecule has 0 bridgehead atoms. The molecule has 0 aromatic carbocycles. The zero-order valence-electron chi connectivity index (χ0n) is 33.9. The van der Waals surface area contributed by atoms with Crippen LogP contribution < -0.4 is 16.4 Å². The third-order valence-electron chi connectivity index (χ3n) is 8.92. The quantitative estimate of drug-likeness (QED) is 0.0336. The average Bonchev–Trinajstić information content (AvgIpc) is 3.73. The van der Waals surface area contributed by atoms with Gasteiger partial charge in [-0.2, -0.15) is 4.31 Å². The van der Waals surface area contributed by atoms with Gasteiger partial charge in [-0.1, -0.05) is 63.9 Å². The molecule has 0 saturated carbocycles. The lowest BCUT2D eigenvalue weighted by atomic mass is 9.87. The molecule has 2 unspecified atom stereocenters. The molecule has 0 aliphatic carbocycles. The molecule has 0 spiro atoms. The maximum atomic E-state index is 12.7. The van der Waals surface area contributed by atoms with Crippen molar-refractivity contribution in [2.45, 2.75) is 109 Å². The monoisotopic (exact) mass is 947 g/mol. The zero-order chi connectivity index (χ0) is 45.4. The van der Waals surface area contributed by atoms with E-state index >= 15 is 0 Å². The molecule has 346 valence electrons. The Morgan fingerprint density at radius 2 is 1.67 bits per heavy atom. The van der Waals surface area contributed by atoms with E-state index in [9.17, 15) is 57.9 Å². The van der Waals surface area contributed by atoms with Gasteiger partial charge in [-0.05, 0) is 25.7 Å². The Labute approximate surface area is 356 Å². The Balaban J connectivity index is 1.39. The van der Waals surface area contributed by atoms with Crippen molar-refractivity contribution in [1.82, 2.24) is 30.2 Å². The number of imidazole rings is 1. The number of unbranched alkanes of at least 4 members (excludes halogenated alkanes) is 5. The third-order valence-corrected chi connectivity index (χ3v) is 13.0. The molecule has 28 heteroatoms. The van der Waals surface area contributed by atoms with Gasteiger partial charge in [0, 0.05) is 37.1 Å². The highest BCUT2D eigenvalue weighted by atomic mass is 32.2. The fraction of sp³-hybridized carbons (Fsp3) is 0.697. The number of thioether (sulfide) groups is 1. The molecule has 2 aromatic rings. The molecule has 61 heavy (non-hydrogen) atoms. The number of fused-ring (bicyclic) bond motifs is 1. The number of nitrogens with one attached hydrogen (secondary N) is 2. The molecule has 2 aromatic heterocycles. The molecule has 1 saturated heterocycles. The second kappa shape index (κ2) is 24.4. The number of aliphatic hydroxyl groups excluding tert-OH is 2. The van der Waals surface area contributed by atoms with Gasteiger partial charge in [-0.15, -0.1) is 0 Å². The number of nitrogen functional groups attached to an aromatic ring is 1. The van der Waals surface area contributed by atoms with Crippen LogP contribution in [0.15, 0.2) is 24.8 Å². The normalized spacial score (nSPS) is 21.0. The number of rotatable bonds is 28. The van der Waals surface area contributed by atoms with E-state index < -0.39 is 84.6 Å². The molecule has 2 amide bonds. The molecule has 1 fully saturated rings. The van der Waals surface area contributed by atoms with Gasteiger partial charge in [0.2, 0.25) is 11.8 Å². The number of ether oxygens (including phenoxy) is 1. The van der Waals surface area contributed by atoms with Crippen molar-refractivity contribution in [3.63, 3.8) is 0 Å². The first-order valence-corrected chi connectivity index (χ1v) is 24.8. The van der Waals surface area contributed by atoms with Crippen LogP contribution in [0.1, 0.15) is 84.8 Å². The van der Waals surface area contributed by atoms with Crippen LogP contribution in [0.25, 0.3) is 11.2 Å². The topological polar surface area (TPSA) is 364 Å². The lowest BCUT2D eigenvalue weighted by molar-refractivity contribution is -0.137. The molecule has 3 heterocycles. The molecular weight excluding hydrogens is 891 g/mol. The minimum atomic E-state index is -5.57. The Morgan fingerprint density at radius 1 is 0.984 bits per heavy atom. The largest absolute Gasteiger partial charge is 0.481 e. The van der Waals surface area contributed by atoms with E-state index in [1.54, 1.807) is 0 Å². The lowest BCUT2D eigenvalue weighted by Gasteiger charge is -2.30. The molecular formula is C33H56N7O17P3S. The van der Waals surface area contributed by atoms with E-state index in [1.165, 1.54) is 13.8 Å². The molecule has 24 nitrogen and oxygen atoms in total. The maximum absolute atomic E-state index is 12.7. The van der Waals surface area contributed by atoms with Crippen LogP contribution in [0.5, 0.6) is 0 Å². The van der Waals surface area contributed by atoms with E-state index in [2.05, 4.69) is 53.5 Å². The molecule has 1 aliphatic rings. The summed E-state index contributed by atoms with van der Waals surface area (Å²) >= 11 is 1.14. The molecule has 1 aliphatic heterocycles. The number of aliphatic hydroxyl groups is 2. The van der Waals surface area contributed by atoms with Gasteiger partial charge in [0.15, 0.2) is 22.8 Å². The second-order valence-electron chi connectivity index (χ2n) is 14.5. The number of carbonyl (C=O) groups excluding carboxylic acids is 3. The highest BCUT2D eigenvalue weighted by Gasteiger charge is 2.50. The molecule has 10 N–H and O–H groups in total. The minimum absolute atomic E-state index is 0.0323. The SMILES string of the molecule is CC/C=C\CCCCCCCC(=O)SCCNC(=O)CCNC(=O)[C@H](O)C(C)(C)COP(=O)(O)OP(=O)(O)OC[C@H]1O[C@@H](n2cnc3c(N)ncnc32)[C@H](O)[C@@H]1OP(=O)(O)O. The average molecular weight is 948 g/mol. The van der Waals surface area contributed by atoms with Crippen molar-refractivity contribution >= 4 is 69.1 Å². The minimum Gasteiger partial charge on any atom is -0.386 e. The van der Waals surface area contributed by atoms with Gasteiger partial charge < -0.3 is 50.9 Å². The number of nitrogens with zero attached hydrogens (tertiary/aromatic N) is 4. The van der Waals surface area contributed by atoms with Gasteiger partial charge in [0.05, 0.1) is 19.5 Å². The van der Waals surface area contributed by atoms with Crippen molar-refractivity contribution in [2.75, 3.05) is 37.8 Å². The first-order chi connectivity index (χ1) is 28.6. The standard InChI is InChI=1S/C33H56N7O17P3S/c1-4-5-6-7-8-9-10-11-12-13-24(42)61-17-16-35-23(41)14-15-36-31(45)28(44)33(2,3)19-54-60(51,52)57-59(49,50)53-18-22-27(56-58(46,47)48)26(43)32(55-22)40-21-39-25-29(34)37-20-38-30(25)40/h5-6,20-22,26-28,32,43-44H,4,7-19H2,1-3H3,(H,35,41)(H,36,45)(H,49,50)(H,51,52)(H2,34,37,38)(H2,46,47,48)/b6-5-/t22-,26-,27-,28+,32-/m1/s1. The molecule has 7 atom stereocenters. The summed E-state index contributed by atoms with van der Waals surface area (Å²) in [6.45, 7) is 2.66. The number of anilines is 1. The van der Waals surface area contributed by atoms with Crippen LogP contribution in [0, 0.1) is 5.41 Å². The van der Waals surface area contributed by atoms with Gasteiger partial charge in [0.1, 0.15) is 36.3 Å². The number of amides is 2. The van der Waals surface area contributed by atoms with Crippen molar-refractivity contribution in [3.05, 3.63) is 24.8 Å². The summed E-state index contributed by atoms with van der Waals surface area (Å²) in [5, 5.41) is 26.6. The summed E-state index contributed by atoms with van der Waals surface area (Å²) in [5.74, 6) is -1.04. The Bertz CT molecular complexity index is 1940. The number of aromatic nitrogens is 4. The van der Waals surface area contributed by atoms with Gasteiger partial charge in [-0.25, -0.2) is 28.6 Å². The Morgan fingerprint density at radius 3 is 2.38 bits per heavy atom. The maximum Gasteiger partial charge on any atom is 0.481 e. The number of phosphoric ester groups is 3. The van der Waals surface area contributed by atoms with Crippen molar-refractivity contribution in [3.8, 4) is 0 Å². The highest BCUT2D eigenvalue weighted by molar-refractivity contribution is 8.13. The van der Waals surface area contributed by atoms with Crippen LogP contribution in [-0.4, -0.2) is 123 Å². The summed E-state index contributed by atoms with van der Waals surface area (Å²) in [6, 6.07) is 0. The summed E-state index contributed by atoms with van der Waals surface area (Å²) in [4.78, 5) is 88.0. The lowest BCUT2D eigenvalue weighted by Crippen LogP contribution is -2.46. The second-order valence-corrected chi connectivity index (χ2v) is 19.9. The summed E-state index contributed by atoms with van der Waals surface area (Å²) in [5.41, 5.74) is 4.28. The fourth-order valence-electron chi connectivity index (χ4n) is 5.71. The first-order valence-electron chi connectivity index (χ1n) is 19.3. The number of hydrogen-bond donors (Lipinski definition) is 9. The van der Waals surface area contributed by atoms with E-state index in [-0.39, 0.29) is 41.6 Å². The fourth-order valence-corrected chi connectivity index (χ4v) is 9.26. The van der Waals surface area contributed by atoms with Crippen molar-refractivity contribution < 1.29 is 80.5 Å². The van der Waals surface area contributed by atoms with Gasteiger partial charge in [0.25, 0.3) is 0 Å².